The topological polar surface area (TPSA) is 153 Å². The van der Waals surface area contributed by atoms with E-state index in [1.807, 2.05) is 35.9 Å². The van der Waals surface area contributed by atoms with E-state index in [0.717, 1.165) is 30.6 Å². The molecule has 0 radical (unpaired) electrons. The molecule has 0 saturated heterocycles. The second-order valence-corrected chi connectivity index (χ2v) is 13.7. The molecule has 3 aromatic rings. The molecule has 1 aliphatic carbocycles. The van der Waals surface area contributed by atoms with Crippen LogP contribution < -0.4 is 31.7 Å². The van der Waals surface area contributed by atoms with E-state index in [-0.39, 0.29) is 49.2 Å². The summed E-state index contributed by atoms with van der Waals surface area (Å²) in [6.07, 6.45) is 4.93. The lowest BCUT2D eigenvalue weighted by Gasteiger charge is -2.22. The van der Waals surface area contributed by atoms with Gasteiger partial charge in [0.05, 0.1) is 17.6 Å². The Morgan fingerprint density at radius 1 is 0.922 bits per heavy atom. The van der Waals surface area contributed by atoms with Gasteiger partial charge in [-0.15, -0.1) is 0 Å². The summed E-state index contributed by atoms with van der Waals surface area (Å²) in [4.78, 5) is 40.6. The zero-order chi connectivity index (χ0) is 35.9. The van der Waals surface area contributed by atoms with Crippen molar-refractivity contribution >= 4 is 28.1 Å². The van der Waals surface area contributed by atoms with Crippen molar-refractivity contribution in [1.82, 2.24) is 14.9 Å². The van der Waals surface area contributed by atoms with Gasteiger partial charge in [-0.05, 0) is 55.5 Å². The smallest absolute Gasteiger partial charge is 0.417 e. The molecule has 0 spiro atoms. The number of carbonyl (C=O) groups is 3. The van der Waals surface area contributed by atoms with Crippen molar-refractivity contribution in [2.75, 3.05) is 34.0 Å². The van der Waals surface area contributed by atoms with Gasteiger partial charge in [0.15, 0.2) is 6.20 Å². The van der Waals surface area contributed by atoms with Gasteiger partial charge in [-0.1, -0.05) is 49.6 Å². The monoisotopic (exact) mass is 746 g/mol. The number of hydrogen-bond donors (Lipinski definition) is 2. The average molecular weight is 747 g/mol. The Kier molecular flexibility index (Phi) is 16.6. The lowest BCUT2D eigenvalue weighted by Crippen LogP contribution is -3.00. The second-order valence-electron chi connectivity index (χ2n) is 12.0. The summed E-state index contributed by atoms with van der Waals surface area (Å²) >= 11 is 0. The Morgan fingerprint density at radius 3 is 2.29 bits per heavy atom. The van der Waals surface area contributed by atoms with Crippen molar-refractivity contribution in [3.05, 3.63) is 89.7 Å². The Balaban J connectivity index is 0.00000702. The van der Waals surface area contributed by atoms with Crippen molar-refractivity contribution in [2.45, 2.75) is 69.7 Å². The predicted molar refractivity (Wildman–Crippen MR) is 184 cm³/mol. The number of aryl methyl sites for hydroxylation is 1. The molecule has 4 rings (SSSR count). The fourth-order valence-corrected chi connectivity index (χ4v) is 6.74. The van der Waals surface area contributed by atoms with Gasteiger partial charge < -0.3 is 36.7 Å². The van der Waals surface area contributed by atoms with Gasteiger partial charge in [0.2, 0.25) is 15.7 Å². The molecule has 1 heterocycles. The van der Waals surface area contributed by atoms with Crippen molar-refractivity contribution in [2.24, 2.45) is 5.92 Å². The molecule has 1 fully saturated rings. The molecule has 1 unspecified atom stereocenters. The maximum Gasteiger partial charge on any atom is 0.417 e. The van der Waals surface area contributed by atoms with E-state index < -0.39 is 34.2 Å². The number of sulfonamides is 1. The summed E-state index contributed by atoms with van der Waals surface area (Å²) in [5.41, 5.74) is 1.57. The molecular formula is C36H47ClN4O9S. The number of imide groups is 1. The van der Waals surface area contributed by atoms with Gasteiger partial charge in [-0.2, -0.15) is 0 Å². The first kappa shape index (κ1) is 41.2. The molecule has 2 aromatic carbocycles. The van der Waals surface area contributed by atoms with Crippen LogP contribution in [0.5, 0.6) is 5.75 Å². The molecule has 1 atom stereocenters. The van der Waals surface area contributed by atoms with E-state index in [9.17, 15) is 22.8 Å². The average Bonchev–Trinajstić information content (AvgIpc) is 3.15. The molecule has 15 heteroatoms. The van der Waals surface area contributed by atoms with Gasteiger partial charge in [-0.25, -0.2) is 32.2 Å². The number of ether oxygens (including phenoxy) is 4. The zero-order valence-electron chi connectivity index (χ0n) is 29.2. The minimum absolute atomic E-state index is 0. The largest absolute Gasteiger partial charge is 1.00 e. The third-order valence-corrected chi connectivity index (χ3v) is 10.0. The summed E-state index contributed by atoms with van der Waals surface area (Å²) < 4.78 is 51.6. The highest BCUT2D eigenvalue weighted by molar-refractivity contribution is 7.89. The minimum atomic E-state index is -3.63. The molecule has 0 bridgehead atoms. The third-order valence-electron chi connectivity index (χ3n) is 8.58. The molecule has 278 valence electrons. The van der Waals surface area contributed by atoms with Crippen LogP contribution in [-0.2, 0) is 43.9 Å². The van der Waals surface area contributed by atoms with Crippen LogP contribution in [0.15, 0.2) is 77.8 Å². The van der Waals surface area contributed by atoms with Gasteiger partial charge >= 0.3 is 12.2 Å². The van der Waals surface area contributed by atoms with E-state index in [2.05, 4.69) is 10.0 Å². The highest BCUT2D eigenvalue weighted by Gasteiger charge is 2.30. The lowest BCUT2D eigenvalue weighted by molar-refractivity contribution is -0.701. The lowest BCUT2D eigenvalue weighted by atomic mass is 9.90. The van der Waals surface area contributed by atoms with E-state index in [1.54, 1.807) is 36.4 Å². The van der Waals surface area contributed by atoms with Crippen LogP contribution in [-0.4, -0.2) is 71.5 Å². The number of rotatable bonds is 16. The fraction of sp³-hybridized carbons (Fsp3) is 0.444. The molecule has 3 amide bonds. The zero-order valence-corrected chi connectivity index (χ0v) is 30.8. The SMILES string of the molecule is CC[n+]1ccccc1CN(C(=O)OCC(COC(=O)NCc1ccc(S(=O)(=O)NCC2CCCCC2)cc1)OC)C(=O)c1ccccc1OC.[Cl-]. The molecule has 0 aliphatic heterocycles. The number of carbonyl (C=O) groups excluding carboxylic acids is 3. The van der Waals surface area contributed by atoms with Crippen LogP contribution in [0, 0.1) is 5.92 Å². The number of methoxy groups -OCH3 is 2. The summed E-state index contributed by atoms with van der Waals surface area (Å²) in [5, 5.41) is 2.61. The van der Waals surface area contributed by atoms with Crippen LogP contribution in [0.1, 0.15) is 60.6 Å². The number of halogens is 1. The van der Waals surface area contributed by atoms with Crippen molar-refractivity contribution in [3.63, 3.8) is 0 Å². The normalized spacial score (nSPS) is 13.7. The molecule has 1 aromatic heterocycles. The number of hydrogen-bond acceptors (Lipinski definition) is 9. The quantitative estimate of drug-likeness (QED) is 0.208. The van der Waals surface area contributed by atoms with Crippen LogP contribution in [0.2, 0.25) is 0 Å². The Morgan fingerprint density at radius 2 is 1.61 bits per heavy atom. The van der Waals surface area contributed by atoms with Crippen molar-refractivity contribution < 1.29 is 58.7 Å². The number of benzene rings is 2. The molecule has 51 heavy (non-hydrogen) atoms. The van der Waals surface area contributed by atoms with Gasteiger partial charge in [0.25, 0.3) is 5.91 Å². The van der Waals surface area contributed by atoms with E-state index in [4.69, 9.17) is 18.9 Å². The number of nitrogens with zero attached hydrogens (tertiary/aromatic N) is 2. The maximum atomic E-state index is 13.6. The van der Waals surface area contributed by atoms with Crippen molar-refractivity contribution in [3.8, 4) is 5.75 Å². The summed E-state index contributed by atoms with van der Waals surface area (Å²) in [6.45, 7) is 2.50. The van der Waals surface area contributed by atoms with E-state index in [1.165, 1.54) is 32.8 Å². The number of para-hydroxylation sites is 1. The molecular weight excluding hydrogens is 700 g/mol. The van der Waals surface area contributed by atoms with Crippen molar-refractivity contribution in [1.29, 1.82) is 0 Å². The number of aromatic nitrogens is 1. The third kappa shape index (κ3) is 12.2. The Hall–Kier alpha value is -4.24. The number of pyridine rings is 1. The first-order chi connectivity index (χ1) is 24.1. The highest BCUT2D eigenvalue weighted by Crippen LogP contribution is 2.24. The highest BCUT2D eigenvalue weighted by atomic mass is 35.5. The van der Waals surface area contributed by atoms with E-state index in [0.29, 0.717) is 36.0 Å². The van der Waals surface area contributed by atoms with Gasteiger partial charge in [0.1, 0.15) is 38.2 Å². The first-order valence-electron chi connectivity index (χ1n) is 16.8. The van der Waals surface area contributed by atoms with Crippen LogP contribution in [0.25, 0.3) is 0 Å². The number of amides is 3. The maximum absolute atomic E-state index is 13.6. The summed E-state index contributed by atoms with van der Waals surface area (Å²) in [5.74, 6) is 0.0717. The van der Waals surface area contributed by atoms with Crippen LogP contribution in [0.3, 0.4) is 0 Å². The second kappa shape index (κ2) is 20.6. The van der Waals surface area contributed by atoms with Crippen LogP contribution in [0.4, 0.5) is 9.59 Å². The molecule has 13 nitrogen and oxygen atoms in total. The van der Waals surface area contributed by atoms with E-state index >= 15 is 0 Å². The fourth-order valence-electron chi connectivity index (χ4n) is 5.62. The molecule has 1 aliphatic rings. The first-order valence-corrected chi connectivity index (χ1v) is 18.2. The Labute approximate surface area is 306 Å². The van der Waals surface area contributed by atoms with Gasteiger partial charge in [0, 0.05) is 32.3 Å². The minimum Gasteiger partial charge on any atom is -1.00 e. The summed E-state index contributed by atoms with van der Waals surface area (Å²) in [7, 11) is -0.807. The van der Waals surface area contributed by atoms with Gasteiger partial charge in [-0.3, -0.25) is 4.79 Å². The molecule has 2 N–H and O–H groups in total. The van der Waals surface area contributed by atoms with Crippen LogP contribution >= 0.6 is 0 Å². The number of alkyl carbamates (subject to hydrolysis) is 1. The summed E-state index contributed by atoms with van der Waals surface area (Å²) in [6, 6.07) is 18.3. The molecule has 1 saturated carbocycles. The predicted octanol–water partition coefficient (Wildman–Crippen LogP) is 1.59. The Bertz CT molecular complexity index is 1690. The standard InChI is InChI=1S/C36H46N4O9S.ClH/c1-4-39-21-11-10-14-29(39)24-40(34(41)32-15-8-9-16-33(32)47-3)36(43)49-26-30(46-2)25-48-35(42)37-22-28-17-19-31(20-18-28)50(44,45)38-23-27-12-6-5-7-13-27;/h8-11,14-21,27,30,38H,4-7,12-13,22-26H2,1-3H3;1H. The number of nitrogens with one attached hydrogen (secondary N) is 2.